The first-order valence-corrected chi connectivity index (χ1v) is 5.05. The summed E-state index contributed by atoms with van der Waals surface area (Å²) in [7, 11) is 0. The Bertz CT molecular complexity index is 340. The van der Waals surface area contributed by atoms with Crippen LogP contribution in [0.3, 0.4) is 0 Å². The second-order valence-corrected chi connectivity index (χ2v) is 3.61. The molecular weight excluding hydrogens is 210 g/mol. The fraction of sp³-hybridized carbons (Fsp3) is 0.500. The highest BCUT2D eigenvalue weighted by Gasteiger charge is 2.05. The minimum absolute atomic E-state index is 0.0750. The van der Waals surface area contributed by atoms with E-state index in [1.807, 2.05) is 6.92 Å². The number of aromatic nitrogens is 2. The molecule has 0 aliphatic heterocycles. The molecule has 1 heterocycles. The summed E-state index contributed by atoms with van der Waals surface area (Å²) < 4.78 is 0. The van der Waals surface area contributed by atoms with Crippen molar-refractivity contribution in [2.75, 3.05) is 18.5 Å². The molecule has 0 amide bonds. The first-order chi connectivity index (χ1) is 7.63. The largest absolute Gasteiger partial charge is 0.476 e. The molecule has 0 spiro atoms. The van der Waals surface area contributed by atoms with Gasteiger partial charge in [0.1, 0.15) is 5.82 Å². The fourth-order valence-electron chi connectivity index (χ4n) is 1.14. The minimum Gasteiger partial charge on any atom is -0.476 e. The number of hydrogen-bond donors (Lipinski definition) is 3. The van der Waals surface area contributed by atoms with E-state index in [1.54, 1.807) is 6.07 Å². The van der Waals surface area contributed by atoms with Crippen LogP contribution in [0.4, 0.5) is 5.82 Å². The van der Waals surface area contributed by atoms with Gasteiger partial charge < -0.3 is 15.5 Å². The zero-order valence-corrected chi connectivity index (χ0v) is 9.05. The van der Waals surface area contributed by atoms with Gasteiger partial charge in [-0.3, -0.25) is 0 Å². The van der Waals surface area contributed by atoms with Crippen LogP contribution in [-0.4, -0.2) is 39.5 Å². The van der Waals surface area contributed by atoms with Gasteiger partial charge in [-0.15, -0.1) is 10.2 Å². The number of aliphatic hydroxyl groups excluding tert-OH is 1. The Morgan fingerprint density at radius 2 is 2.25 bits per heavy atom. The molecule has 1 unspecified atom stereocenters. The van der Waals surface area contributed by atoms with E-state index in [4.69, 9.17) is 10.2 Å². The van der Waals surface area contributed by atoms with Crippen LogP contribution in [0.15, 0.2) is 12.1 Å². The zero-order valence-electron chi connectivity index (χ0n) is 9.05. The fourth-order valence-corrected chi connectivity index (χ4v) is 1.14. The Kier molecular flexibility index (Phi) is 4.65. The van der Waals surface area contributed by atoms with Crippen molar-refractivity contribution >= 4 is 11.8 Å². The number of aliphatic hydroxyl groups is 1. The van der Waals surface area contributed by atoms with Crippen molar-refractivity contribution < 1.29 is 15.0 Å². The van der Waals surface area contributed by atoms with Crippen LogP contribution in [0.1, 0.15) is 23.8 Å². The average Bonchev–Trinajstić information content (AvgIpc) is 2.27. The third-order valence-electron chi connectivity index (χ3n) is 2.14. The molecule has 0 aromatic carbocycles. The highest BCUT2D eigenvalue weighted by Crippen LogP contribution is 2.05. The molecule has 16 heavy (non-hydrogen) atoms. The summed E-state index contributed by atoms with van der Waals surface area (Å²) in [6.07, 6.45) is 0.716. The maximum absolute atomic E-state index is 10.5. The highest BCUT2D eigenvalue weighted by atomic mass is 16.4. The molecule has 6 heteroatoms. The third-order valence-corrected chi connectivity index (χ3v) is 2.14. The maximum Gasteiger partial charge on any atom is 0.356 e. The van der Waals surface area contributed by atoms with Crippen molar-refractivity contribution in [1.82, 2.24) is 10.2 Å². The number of nitrogens with zero attached hydrogens (tertiary/aromatic N) is 2. The number of carbonyl (C=O) groups is 1. The van der Waals surface area contributed by atoms with E-state index in [-0.39, 0.29) is 12.3 Å². The van der Waals surface area contributed by atoms with Gasteiger partial charge in [0.15, 0.2) is 5.69 Å². The number of nitrogens with one attached hydrogen (secondary N) is 1. The number of anilines is 1. The molecule has 0 radical (unpaired) electrons. The van der Waals surface area contributed by atoms with Crippen LogP contribution in [0.5, 0.6) is 0 Å². The van der Waals surface area contributed by atoms with Crippen LogP contribution < -0.4 is 5.32 Å². The molecule has 0 saturated carbocycles. The SMILES string of the molecule is CC(CCO)CNc1ccc(C(=O)O)nn1. The Morgan fingerprint density at radius 3 is 2.75 bits per heavy atom. The lowest BCUT2D eigenvalue weighted by Crippen LogP contribution is -2.14. The summed E-state index contributed by atoms with van der Waals surface area (Å²) in [5.74, 6) is -0.228. The van der Waals surface area contributed by atoms with Crippen molar-refractivity contribution in [3.8, 4) is 0 Å². The van der Waals surface area contributed by atoms with Gasteiger partial charge in [-0.2, -0.15) is 0 Å². The van der Waals surface area contributed by atoms with E-state index in [9.17, 15) is 4.79 Å². The number of carboxylic acid groups (broad SMARTS) is 1. The number of carboxylic acids is 1. The third kappa shape index (κ3) is 3.82. The van der Waals surface area contributed by atoms with Gasteiger partial charge in [-0.25, -0.2) is 4.79 Å². The molecule has 1 rings (SSSR count). The van der Waals surface area contributed by atoms with Crippen molar-refractivity contribution in [3.63, 3.8) is 0 Å². The predicted molar refractivity (Wildman–Crippen MR) is 58.3 cm³/mol. The van der Waals surface area contributed by atoms with Crippen LogP contribution in [0, 0.1) is 5.92 Å². The Hall–Kier alpha value is -1.69. The van der Waals surface area contributed by atoms with Gasteiger partial charge in [0.25, 0.3) is 0 Å². The molecule has 0 saturated heterocycles. The second-order valence-electron chi connectivity index (χ2n) is 3.61. The van der Waals surface area contributed by atoms with E-state index in [0.717, 1.165) is 0 Å². The summed E-state index contributed by atoms with van der Waals surface area (Å²) >= 11 is 0. The highest BCUT2D eigenvalue weighted by molar-refractivity contribution is 5.85. The van der Waals surface area contributed by atoms with Crippen molar-refractivity contribution in [3.05, 3.63) is 17.8 Å². The van der Waals surface area contributed by atoms with Crippen LogP contribution in [0.25, 0.3) is 0 Å². The van der Waals surface area contributed by atoms with E-state index < -0.39 is 5.97 Å². The lowest BCUT2D eigenvalue weighted by Gasteiger charge is -2.10. The summed E-state index contributed by atoms with van der Waals surface area (Å²) in [4.78, 5) is 10.5. The number of aromatic carboxylic acids is 1. The lowest BCUT2D eigenvalue weighted by atomic mass is 10.1. The molecule has 3 N–H and O–H groups in total. The minimum atomic E-state index is -1.09. The molecule has 0 aliphatic rings. The quantitative estimate of drug-likeness (QED) is 0.656. The maximum atomic E-state index is 10.5. The molecule has 0 aliphatic carbocycles. The standard InChI is InChI=1S/C10H15N3O3/c1-7(4-5-14)6-11-9-3-2-8(10(15)16)12-13-9/h2-3,7,14H,4-6H2,1H3,(H,11,13)(H,15,16). The van der Waals surface area contributed by atoms with E-state index in [0.29, 0.717) is 24.7 Å². The van der Waals surface area contributed by atoms with Gasteiger partial charge in [-0.1, -0.05) is 6.92 Å². The van der Waals surface area contributed by atoms with Crippen molar-refractivity contribution in [2.45, 2.75) is 13.3 Å². The van der Waals surface area contributed by atoms with Crippen LogP contribution >= 0.6 is 0 Å². The van der Waals surface area contributed by atoms with Gasteiger partial charge in [0.2, 0.25) is 0 Å². The van der Waals surface area contributed by atoms with Gasteiger partial charge in [0, 0.05) is 13.2 Å². The van der Waals surface area contributed by atoms with Gasteiger partial charge in [-0.05, 0) is 24.5 Å². The summed E-state index contributed by atoms with van der Waals surface area (Å²) in [6.45, 7) is 2.83. The number of hydrogen-bond acceptors (Lipinski definition) is 5. The second kappa shape index (κ2) is 6.02. The average molecular weight is 225 g/mol. The van der Waals surface area contributed by atoms with Crippen LogP contribution in [0.2, 0.25) is 0 Å². The Labute approximate surface area is 93.3 Å². The smallest absolute Gasteiger partial charge is 0.356 e. The van der Waals surface area contributed by atoms with E-state index in [1.165, 1.54) is 6.07 Å². The topological polar surface area (TPSA) is 95.3 Å². The lowest BCUT2D eigenvalue weighted by molar-refractivity contribution is 0.0689. The normalized spacial score (nSPS) is 12.1. The molecule has 1 aromatic rings. The molecule has 1 atom stereocenters. The monoisotopic (exact) mass is 225 g/mol. The molecule has 1 aromatic heterocycles. The van der Waals surface area contributed by atoms with Gasteiger partial charge in [0.05, 0.1) is 0 Å². The molecular formula is C10H15N3O3. The van der Waals surface area contributed by atoms with E-state index in [2.05, 4.69) is 15.5 Å². The van der Waals surface area contributed by atoms with Crippen molar-refractivity contribution in [2.24, 2.45) is 5.92 Å². The molecule has 0 fully saturated rings. The summed E-state index contributed by atoms with van der Waals surface area (Å²) in [5.41, 5.74) is -0.0750. The Morgan fingerprint density at radius 1 is 1.50 bits per heavy atom. The molecule has 0 bridgehead atoms. The molecule has 6 nitrogen and oxygen atoms in total. The first kappa shape index (κ1) is 12.4. The van der Waals surface area contributed by atoms with E-state index >= 15 is 0 Å². The predicted octanol–water partition coefficient (Wildman–Crippen LogP) is 0.605. The Balaban J connectivity index is 2.46. The summed E-state index contributed by atoms with van der Waals surface area (Å²) in [6, 6.07) is 2.97. The molecule has 88 valence electrons. The first-order valence-electron chi connectivity index (χ1n) is 5.05. The van der Waals surface area contributed by atoms with Crippen LogP contribution in [-0.2, 0) is 0 Å². The van der Waals surface area contributed by atoms with Crippen molar-refractivity contribution in [1.29, 1.82) is 0 Å². The summed E-state index contributed by atoms with van der Waals surface area (Å²) in [5, 5.41) is 27.6. The van der Waals surface area contributed by atoms with Gasteiger partial charge >= 0.3 is 5.97 Å². The number of rotatable bonds is 6. The zero-order chi connectivity index (χ0) is 12.0.